The van der Waals surface area contributed by atoms with Crippen LogP contribution in [0.5, 0.6) is 0 Å². The Morgan fingerprint density at radius 2 is 2.14 bits per heavy atom. The van der Waals surface area contributed by atoms with E-state index in [9.17, 15) is 0 Å². The second-order valence-corrected chi connectivity index (χ2v) is 4.59. The highest BCUT2D eigenvalue weighted by Crippen LogP contribution is 2.29. The van der Waals surface area contributed by atoms with Crippen LogP contribution in [0.4, 0.5) is 5.82 Å². The Bertz CT molecular complexity index is 284. The Morgan fingerprint density at radius 3 is 2.71 bits per heavy atom. The van der Waals surface area contributed by atoms with Gasteiger partial charge in [-0.3, -0.25) is 4.68 Å². The van der Waals surface area contributed by atoms with Gasteiger partial charge < -0.3 is 5.73 Å². The largest absolute Gasteiger partial charge is 0.382 e. The second kappa shape index (κ2) is 4.03. The van der Waals surface area contributed by atoms with Crippen LogP contribution in [0.3, 0.4) is 0 Å². The minimum absolute atomic E-state index is 0.633. The Hall–Kier alpha value is -0.990. The molecule has 1 aliphatic carbocycles. The number of hydrogen-bond donors (Lipinski definition) is 1. The van der Waals surface area contributed by atoms with Gasteiger partial charge in [0.2, 0.25) is 0 Å². The molecule has 1 aromatic rings. The third-order valence-corrected chi connectivity index (χ3v) is 3.24. The van der Waals surface area contributed by atoms with E-state index >= 15 is 0 Å². The molecule has 3 heteroatoms. The average molecular weight is 193 g/mol. The zero-order chi connectivity index (χ0) is 9.97. The summed E-state index contributed by atoms with van der Waals surface area (Å²) in [5.41, 5.74) is 5.57. The monoisotopic (exact) mass is 193 g/mol. The first-order valence-corrected chi connectivity index (χ1v) is 5.53. The number of nitrogen functional groups attached to an aromatic ring is 1. The van der Waals surface area contributed by atoms with Gasteiger partial charge in [0.15, 0.2) is 0 Å². The lowest BCUT2D eigenvalue weighted by molar-refractivity contribution is 0.258. The van der Waals surface area contributed by atoms with Gasteiger partial charge in [-0.1, -0.05) is 19.8 Å². The smallest absolute Gasteiger partial charge is 0.145 e. The molecular weight excluding hydrogens is 174 g/mol. The summed E-state index contributed by atoms with van der Waals surface area (Å²) in [6.45, 7) is 3.39. The molecule has 1 aliphatic rings. The summed E-state index contributed by atoms with van der Waals surface area (Å²) in [5.74, 6) is 2.37. The lowest BCUT2D eigenvalue weighted by Gasteiger charge is -2.25. The van der Waals surface area contributed by atoms with Gasteiger partial charge in [0.25, 0.3) is 0 Å². The maximum Gasteiger partial charge on any atom is 0.145 e. The highest BCUT2D eigenvalue weighted by molar-refractivity contribution is 5.23. The summed E-state index contributed by atoms with van der Waals surface area (Å²) in [6.07, 6.45) is 7.43. The Balaban J connectivity index is 1.86. The third-order valence-electron chi connectivity index (χ3n) is 3.24. The van der Waals surface area contributed by atoms with Crippen molar-refractivity contribution >= 4 is 5.82 Å². The first-order chi connectivity index (χ1) is 6.74. The fraction of sp³-hybridized carbons (Fsp3) is 0.727. The third kappa shape index (κ3) is 2.28. The summed E-state index contributed by atoms with van der Waals surface area (Å²) >= 11 is 0. The fourth-order valence-electron chi connectivity index (χ4n) is 2.26. The first kappa shape index (κ1) is 9.56. The van der Waals surface area contributed by atoms with E-state index in [4.69, 9.17) is 5.73 Å². The van der Waals surface area contributed by atoms with E-state index in [1.54, 1.807) is 0 Å². The number of hydrogen-bond acceptors (Lipinski definition) is 2. The van der Waals surface area contributed by atoms with Gasteiger partial charge in [-0.2, -0.15) is 5.10 Å². The van der Waals surface area contributed by atoms with Crippen LogP contribution >= 0.6 is 0 Å². The van der Waals surface area contributed by atoms with Crippen LogP contribution in [0.15, 0.2) is 12.3 Å². The van der Waals surface area contributed by atoms with Crippen molar-refractivity contribution in [2.75, 3.05) is 5.73 Å². The van der Waals surface area contributed by atoms with Crippen molar-refractivity contribution in [3.05, 3.63) is 12.3 Å². The fourth-order valence-corrected chi connectivity index (χ4v) is 2.26. The van der Waals surface area contributed by atoms with E-state index in [2.05, 4.69) is 12.0 Å². The van der Waals surface area contributed by atoms with Crippen LogP contribution in [-0.2, 0) is 6.54 Å². The van der Waals surface area contributed by atoms with Gasteiger partial charge in [-0.25, -0.2) is 0 Å². The maximum atomic E-state index is 5.57. The van der Waals surface area contributed by atoms with Crippen molar-refractivity contribution in [3.8, 4) is 0 Å². The molecule has 2 N–H and O–H groups in total. The maximum absolute atomic E-state index is 5.57. The molecule has 1 aromatic heterocycles. The lowest BCUT2D eigenvalue weighted by Crippen LogP contribution is -2.18. The summed E-state index contributed by atoms with van der Waals surface area (Å²) in [5, 5.41) is 4.22. The van der Waals surface area contributed by atoms with Crippen LogP contribution in [-0.4, -0.2) is 9.78 Å². The number of aromatic nitrogens is 2. The van der Waals surface area contributed by atoms with E-state index < -0.39 is 0 Å². The molecule has 0 atom stereocenters. The topological polar surface area (TPSA) is 43.8 Å². The van der Waals surface area contributed by atoms with Crippen LogP contribution < -0.4 is 5.73 Å². The van der Waals surface area contributed by atoms with Crippen LogP contribution in [0.1, 0.15) is 32.6 Å². The van der Waals surface area contributed by atoms with Gasteiger partial charge >= 0.3 is 0 Å². The van der Waals surface area contributed by atoms with Gasteiger partial charge in [-0.15, -0.1) is 0 Å². The molecule has 2 rings (SSSR count). The summed E-state index contributed by atoms with van der Waals surface area (Å²) in [6, 6.07) is 1.87. The molecule has 1 heterocycles. The molecule has 0 aliphatic heterocycles. The van der Waals surface area contributed by atoms with E-state index in [1.165, 1.54) is 25.7 Å². The van der Waals surface area contributed by atoms with Crippen molar-refractivity contribution in [3.63, 3.8) is 0 Å². The van der Waals surface area contributed by atoms with Gasteiger partial charge in [0, 0.05) is 12.7 Å². The van der Waals surface area contributed by atoms with E-state index in [0.717, 1.165) is 18.4 Å². The molecule has 78 valence electrons. The van der Waals surface area contributed by atoms with Gasteiger partial charge in [0.1, 0.15) is 5.82 Å². The van der Waals surface area contributed by atoms with Crippen LogP contribution in [0.2, 0.25) is 0 Å². The SMILES string of the molecule is CC1CCC(Cn2ccc(N)n2)CC1. The van der Waals surface area contributed by atoms with Gasteiger partial charge in [0.05, 0.1) is 0 Å². The summed E-state index contributed by atoms with van der Waals surface area (Å²) in [4.78, 5) is 0. The molecule has 14 heavy (non-hydrogen) atoms. The molecule has 0 radical (unpaired) electrons. The molecule has 0 aromatic carbocycles. The second-order valence-electron chi connectivity index (χ2n) is 4.59. The Kier molecular flexibility index (Phi) is 2.75. The quantitative estimate of drug-likeness (QED) is 0.783. The summed E-state index contributed by atoms with van der Waals surface area (Å²) < 4.78 is 1.98. The number of rotatable bonds is 2. The van der Waals surface area contributed by atoms with Crippen molar-refractivity contribution in [2.24, 2.45) is 11.8 Å². The van der Waals surface area contributed by atoms with Gasteiger partial charge in [-0.05, 0) is 30.7 Å². The molecule has 0 saturated heterocycles. The lowest BCUT2D eigenvalue weighted by atomic mass is 9.83. The molecule has 0 amide bonds. The van der Waals surface area contributed by atoms with E-state index in [1.807, 2.05) is 16.9 Å². The van der Waals surface area contributed by atoms with E-state index in [-0.39, 0.29) is 0 Å². The highest BCUT2D eigenvalue weighted by atomic mass is 15.3. The van der Waals surface area contributed by atoms with Crippen molar-refractivity contribution in [1.29, 1.82) is 0 Å². The zero-order valence-corrected chi connectivity index (χ0v) is 8.82. The zero-order valence-electron chi connectivity index (χ0n) is 8.82. The number of nitrogens with zero attached hydrogens (tertiary/aromatic N) is 2. The molecule has 0 unspecified atom stereocenters. The highest BCUT2D eigenvalue weighted by Gasteiger charge is 2.18. The molecule has 1 fully saturated rings. The molecule has 0 bridgehead atoms. The average Bonchev–Trinajstić information content (AvgIpc) is 2.56. The first-order valence-electron chi connectivity index (χ1n) is 5.53. The Labute approximate surface area is 85.3 Å². The van der Waals surface area contributed by atoms with Crippen molar-refractivity contribution in [2.45, 2.75) is 39.2 Å². The molecule has 3 nitrogen and oxygen atoms in total. The van der Waals surface area contributed by atoms with Crippen molar-refractivity contribution < 1.29 is 0 Å². The summed E-state index contributed by atoms with van der Waals surface area (Å²) in [7, 11) is 0. The normalized spacial score (nSPS) is 27.8. The minimum Gasteiger partial charge on any atom is -0.382 e. The van der Waals surface area contributed by atoms with Crippen molar-refractivity contribution in [1.82, 2.24) is 9.78 Å². The van der Waals surface area contributed by atoms with Crippen LogP contribution in [0.25, 0.3) is 0 Å². The Morgan fingerprint density at radius 1 is 1.43 bits per heavy atom. The molecule has 0 spiro atoms. The predicted molar refractivity (Wildman–Crippen MR) is 57.8 cm³/mol. The van der Waals surface area contributed by atoms with E-state index in [0.29, 0.717) is 5.82 Å². The standard InChI is InChI=1S/C11H19N3/c1-9-2-4-10(5-3-9)8-14-7-6-11(12)13-14/h6-7,9-10H,2-5,8H2,1H3,(H2,12,13). The number of anilines is 1. The molecular formula is C11H19N3. The molecule has 1 saturated carbocycles. The minimum atomic E-state index is 0.633. The number of nitrogens with two attached hydrogens (primary N) is 1. The predicted octanol–water partition coefficient (Wildman–Crippen LogP) is 2.29. The van der Waals surface area contributed by atoms with Crippen LogP contribution in [0, 0.1) is 11.8 Å².